The molecule has 1 saturated heterocycles. The summed E-state index contributed by atoms with van der Waals surface area (Å²) in [5.41, 5.74) is -1.01. The third-order valence-electron chi connectivity index (χ3n) is 4.15. The van der Waals surface area contributed by atoms with Crippen LogP contribution in [0.4, 0.5) is 0 Å². The molecular formula is C12H21NO5S. The topological polar surface area (TPSA) is 94.9 Å². The Morgan fingerprint density at radius 2 is 2.00 bits per heavy atom. The molecule has 19 heavy (non-hydrogen) atoms. The summed E-state index contributed by atoms with van der Waals surface area (Å²) in [6.45, 7) is 2.07. The largest absolute Gasteiger partial charge is 0.481 e. The van der Waals surface area contributed by atoms with Gasteiger partial charge in [0, 0.05) is 13.1 Å². The molecule has 0 spiro atoms. The molecule has 1 heterocycles. The normalized spacial score (nSPS) is 37.4. The molecule has 6 nitrogen and oxygen atoms in total. The van der Waals surface area contributed by atoms with Crippen LogP contribution in [-0.4, -0.2) is 52.8 Å². The molecule has 0 amide bonds. The van der Waals surface area contributed by atoms with Crippen molar-refractivity contribution < 1.29 is 23.4 Å². The summed E-state index contributed by atoms with van der Waals surface area (Å²) >= 11 is 0. The van der Waals surface area contributed by atoms with Crippen LogP contribution in [0.1, 0.15) is 39.0 Å². The fourth-order valence-electron chi connectivity index (χ4n) is 3.15. The standard InChI is InChI=1S/C12H21NO5S/c1-12(16)6-3-7-13(8-12)19(17,18)10-5-2-4-9(10)11(14)15/h9-10,16H,2-8H2,1H3,(H,14,15). The number of aliphatic carboxylic acids is 1. The van der Waals surface area contributed by atoms with Gasteiger partial charge < -0.3 is 10.2 Å². The van der Waals surface area contributed by atoms with Gasteiger partial charge in [0.05, 0.1) is 16.8 Å². The van der Waals surface area contributed by atoms with Crippen LogP contribution >= 0.6 is 0 Å². The highest BCUT2D eigenvalue weighted by atomic mass is 32.2. The number of rotatable bonds is 3. The van der Waals surface area contributed by atoms with Crippen molar-refractivity contribution in [2.24, 2.45) is 5.92 Å². The highest BCUT2D eigenvalue weighted by Crippen LogP contribution is 2.35. The SMILES string of the molecule is CC1(O)CCCN(S(=O)(=O)C2CCCC2C(=O)O)C1. The van der Waals surface area contributed by atoms with Gasteiger partial charge in [-0.15, -0.1) is 0 Å². The first-order valence-corrected chi connectivity index (χ1v) is 8.18. The van der Waals surface area contributed by atoms with E-state index in [1.165, 1.54) is 4.31 Å². The minimum Gasteiger partial charge on any atom is -0.481 e. The van der Waals surface area contributed by atoms with E-state index in [1.807, 2.05) is 0 Å². The van der Waals surface area contributed by atoms with Crippen LogP contribution in [0.2, 0.25) is 0 Å². The summed E-state index contributed by atoms with van der Waals surface area (Å²) in [4.78, 5) is 11.1. The van der Waals surface area contributed by atoms with Gasteiger partial charge in [0.25, 0.3) is 0 Å². The fraction of sp³-hybridized carbons (Fsp3) is 0.917. The molecule has 1 aliphatic heterocycles. The summed E-state index contributed by atoms with van der Waals surface area (Å²) in [6, 6.07) is 0. The van der Waals surface area contributed by atoms with Crippen molar-refractivity contribution >= 4 is 16.0 Å². The van der Waals surface area contributed by atoms with Gasteiger partial charge in [-0.1, -0.05) is 6.42 Å². The maximum atomic E-state index is 12.5. The van der Waals surface area contributed by atoms with E-state index in [0.717, 1.165) is 0 Å². The Labute approximate surface area is 113 Å². The minimum absolute atomic E-state index is 0.0676. The average molecular weight is 291 g/mol. The van der Waals surface area contributed by atoms with E-state index in [0.29, 0.717) is 38.6 Å². The van der Waals surface area contributed by atoms with E-state index in [1.54, 1.807) is 6.92 Å². The van der Waals surface area contributed by atoms with Crippen LogP contribution in [0.25, 0.3) is 0 Å². The van der Waals surface area contributed by atoms with Gasteiger partial charge in [-0.25, -0.2) is 8.42 Å². The van der Waals surface area contributed by atoms with Gasteiger partial charge in [0.1, 0.15) is 0 Å². The number of hydrogen-bond donors (Lipinski definition) is 2. The van der Waals surface area contributed by atoms with Crippen molar-refractivity contribution in [2.75, 3.05) is 13.1 Å². The summed E-state index contributed by atoms with van der Waals surface area (Å²) in [7, 11) is -3.63. The van der Waals surface area contributed by atoms with Crippen LogP contribution < -0.4 is 0 Å². The van der Waals surface area contributed by atoms with Crippen LogP contribution in [0.15, 0.2) is 0 Å². The van der Waals surface area contributed by atoms with E-state index in [-0.39, 0.29) is 6.54 Å². The smallest absolute Gasteiger partial charge is 0.307 e. The van der Waals surface area contributed by atoms with Crippen molar-refractivity contribution in [1.82, 2.24) is 4.31 Å². The number of β-amino-alcohol motifs (C(OH)–C–C–N with tert-alkyl or cyclic N) is 1. The van der Waals surface area contributed by atoms with E-state index >= 15 is 0 Å². The van der Waals surface area contributed by atoms with E-state index in [4.69, 9.17) is 5.11 Å². The first-order valence-electron chi connectivity index (χ1n) is 6.68. The fourth-order valence-corrected chi connectivity index (χ4v) is 5.50. The zero-order valence-corrected chi connectivity index (χ0v) is 11.9. The van der Waals surface area contributed by atoms with Gasteiger partial charge in [-0.3, -0.25) is 4.79 Å². The van der Waals surface area contributed by atoms with Gasteiger partial charge in [-0.2, -0.15) is 4.31 Å². The number of sulfonamides is 1. The molecule has 110 valence electrons. The second-order valence-electron chi connectivity index (χ2n) is 5.89. The van der Waals surface area contributed by atoms with Crippen LogP contribution in [0.3, 0.4) is 0 Å². The monoisotopic (exact) mass is 291 g/mol. The molecule has 0 radical (unpaired) electrons. The highest BCUT2D eigenvalue weighted by molar-refractivity contribution is 7.89. The van der Waals surface area contributed by atoms with E-state index in [9.17, 15) is 18.3 Å². The van der Waals surface area contributed by atoms with Gasteiger partial charge in [0.2, 0.25) is 10.0 Å². The molecular weight excluding hydrogens is 270 g/mol. The molecule has 0 aromatic carbocycles. The maximum Gasteiger partial charge on any atom is 0.307 e. The predicted molar refractivity (Wildman–Crippen MR) is 69.1 cm³/mol. The molecule has 3 unspecified atom stereocenters. The van der Waals surface area contributed by atoms with Crippen molar-refractivity contribution in [3.8, 4) is 0 Å². The first-order chi connectivity index (χ1) is 8.74. The number of carbonyl (C=O) groups is 1. The average Bonchev–Trinajstić information content (AvgIpc) is 2.77. The highest BCUT2D eigenvalue weighted by Gasteiger charge is 2.46. The van der Waals surface area contributed by atoms with Gasteiger partial charge >= 0.3 is 5.97 Å². The Kier molecular flexibility index (Phi) is 3.90. The number of carboxylic acid groups (broad SMARTS) is 1. The number of hydrogen-bond acceptors (Lipinski definition) is 4. The molecule has 2 aliphatic rings. The number of carboxylic acids is 1. The van der Waals surface area contributed by atoms with E-state index in [2.05, 4.69) is 0 Å². The molecule has 1 aliphatic carbocycles. The second-order valence-corrected chi connectivity index (χ2v) is 8.04. The summed E-state index contributed by atoms with van der Waals surface area (Å²) in [5, 5.41) is 18.3. The Bertz CT molecular complexity index is 459. The van der Waals surface area contributed by atoms with Gasteiger partial charge in [-0.05, 0) is 32.6 Å². The molecule has 2 rings (SSSR count). The molecule has 0 bridgehead atoms. The molecule has 3 atom stereocenters. The van der Waals surface area contributed by atoms with E-state index < -0.39 is 32.8 Å². The Morgan fingerprint density at radius 3 is 2.58 bits per heavy atom. The van der Waals surface area contributed by atoms with Crippen LogP contribution in [-0.2, 0) is 14.8 Å². The zero-order valence-electron chi connectivity index (χ0n) is 11.1. The first kappa shape index (κ1) is 14.7. The lowest BCUT2D eigenvalue weighted by Crippen LogP contribution is -2.52. The Balaban J connectivity index is 2.20. The molecule has 7 heteroatoms. The summed E-state index contributed by atoms with van der Waals surface area (Å²) < 4.78 is 26.4. The predicted octanol–water partition coefficient (Wildman–Crippen LogP) is 0.416. The lowest BCUT2D eigenvalue weighted by molar-refractivity contribution is -0.141. The number of aliphatic hydroxyl groups is 1. The zero-order chi connectivity index (χ0) is 14.3. The van der Waals surface area contributed by atoms with Gasteiger partial charge in [0.15, 0.2) is 0 Å². The quantitative estimate of drug-likeness (QED) is 0.785. The summed E-state index contributed by atoms with van der Waals surface area (Å²) in [6.07, 6.45) is 2.63. The van der Waals surface area contributed by atoms with Crippen molar-refractivity contribution in [2.45, 2.75) is 49.9 Å². The maximum absolute atomic E-state index is 12.5. The number of piperidine rings is 1. The molecule has 1 saturated carbocycles. The van der Waals surface area contributed by atoms with Crippen molar-refractivity contribution in [1.29, 1.82) is 0 Å². The lowest BCUT2D eigenvalue weighted by Gasteiger charge is -2.37. The molecule has 0 aromatic heterocycles. The number of nitrogens with zero attached hydrogens (tertiary/aromatic N) is 1. The third-order valence-corrected chi connectivity index (χ3v) is 6.51. The molecule has 2 N–H and O–H groups in total. The molecule has 2 fully saturated rings. The summed E-state index contributed by atoms with van der Waals surface area (Å²) in [5.74, 6) is -1.84. The third kappa shape index (κ3) is 2.93. The second kappa shape index (κ2) is 5.03. The lowest BCUT2D eigenvalue weighted by atomic mass is 9.97. The molecule has 0 aromatic rings. The van der Waals surface area contributed by atoms with Crippen molar-refractivity contribution in [3.05, 3.63) is 0 Å². The Hall–Kier alpha value is -0.660. The minimum atomic E-state index is -3.63. The van der Waals surface area contributed by atoms with Crippen molar-refractivity contribution in [3.63, 3.8) is 0 Å². The van der Waals surface area contributed by atoms with Crippen LogP contribution in [0.5, 0.6) is 0 Å². The van der Waals surface area contributed by atoms with Crippen LogP contribution in [0, 0.1) is 5.92 Å². The Morgan fingerprint density at radius 1 is 1.32 bits per heavy atom.